The van der Waals surface area contributed by atoms with Gasteiger partial charge in [-0.25, -0.2) is 0 Å². The van der Waals surface area contributed by atoms with Gasteiger partial charge in [0.25, 0.3) is 5.91 Å². The summed E-state index contributed by atoms with van der Waals surface area (Å²) in [4.78, 5) is 29.3. The second kappa shape index (κ2) is 8.84. The zero-order valence-electron chi connectivity index (χ0n) is 17.6. The molecule has 0 atom stereocenters. The van der Waals surface area contributed by atoms with Gasteiger partial charge in [0, 0.05) is 35.1 Å². The van der Waals surface area contributed by atoms with Crippen molar-refractivity contribution in [1.82, 2.24) is 9.80 Å². The number of anilines is 1. The molecule has 0 unspecified atom stereocenters. The summed E-state index contributed by atoms with van der Waals surface area (Å²) in [6.45, 7) is 4.77. The second-order valence-electron chi connectivity index (χ2n) is 8.30. The van der Waals surface area contributed by atoms with Crippen molar-refractivity contribution in [2.75, 3.05) is 18.9 Å². The number of benzene rings is 2. The van der Waals surface area contributed by atoms with Gasteiger partial charge in [-0.2, -0.15) is 0 Å². The third kappa shape index (κ3) is 4.17. The molecule has 0 radical (unpaired) electrons. The first-order valence-electron chi connectivity index (χ1n) is 10.7. The van der Waals surface area contributed by atoms with Crippen molar-refractivity contribution in [3.8, 4) is 0 Å². The Bertz CT molecular complexity index is 927. The number of fused-ring (bicyclic) bond motifs is 1. The third-order valence-electron chi connectivity index (χ3n) is 6.25. The number of amides is 2. The number of carbonyl (C=O) groups is 2. The molecule has 156 valence electrons. The van der Waals surface area contributed by atoms with Crippen LogP contribution in [0.15, 0.2) is 55.1 Å². The summed E-state index contributed by atoms with van der Waals surface area (Å²) in [5.41, 5.74) is 3.87. The van der Waals surface area contributed by atoms with E-state index in [2.05, 4.69) is 29.9 Å². The van der Waals surface area contributed by atoms with E-state index < -0.39 is 0 Å². The van der Waals surface area contributed by atoms with Crippen molar-refractivity contribution in [1.29, 1.82) is 0 Å². The Kier molecular flexibility index (Phi) is 6.00. The Balaban J connectivity index is 1.42. The number of para-hydroxylation sites is 1. The molecule has 0 aromatic heterocycles. The lowest BCUT2D eigenvalue weighted by atomic mass is 9.94. The molecule has 1 aliphatic heterocycles. The number of hydrogen-bond acceptors (Lipinski definition) is 3. The molecule has 2 aromatic carbocycles. The number of nitrogens with one attached hydrogen (secondary N) is 1. The van der Waals surface area contributed by atoms with Gasteiger partial charge < -0.3 is 5.32 Å². The fourth-order valence-corrected chi connectivity index (χ4v) is 4.53. The predicted octanol–water partition coefficient (Wildman–Crippen LogP) is 4.52. The summed E-state index contributed by atoms with van der Waals surface area (Å²) in [7, 11) is 2.17. The number of carbonyl (C=O) groups excluding carboxylic acids is 2. The molecule has 30 heavy (non-hydrogen) atoms. The molecule has 1 N–H and O–H groups in total. The summed E-state index contributed by atoms with van der Waals surface area (Å²) in [5.74, 6) is -0.388. The smallest absolute Gasteiger partial charge is 0.259 e. The van der Waals surface area contributed by atoms with Crippen molar-refractivity contribution in [2.24, 2.45) is 0 Å². The van der Waals surface area contributed by atoms with Crippen LogP contribution in [0.2, 0.25) is 0 Å². The summed E-state index contributed by atoms with van der Waals surface area (Å²) < 4.78 is 0. The van der Waals surface area contributed by atoms with Crippen LogP contribution in [0.3, 0.4) is 0 Å². The maximum atomic E-state index is 12.8. The van der Waals surface area contributed by atoms with Crippen LogP contribution in [0.4, 0.5) is 5.69 Å². The Morgan fingerprint density at radius 3 is 2.47 bits per heavy atom. The molecule has 2 amide bonds. The van der Waals surface area contributed by atoms with Crippen molar-refractivity contribution >= 4 is 23.2 Å². The zero-order chi connectivity index (χ0) is 21.1. The minimum absolute atomic E-state index is 0.0425. The topological polar surface area (TPSA) is 52.7 Å². The average molecular weight is 404 g/mol. The van der Waals surface area contributed by atoms with Crippen LogP contribution in [0.25, 0.3) is 5.70 Å². The molecule has 0 saturated heterocycles. The van der Waals surface area contributed by atoms with Crippen LogP contribution in [0.1, 0.15) is 53.6 Å². The maximum absolute atomic E-state index is 12.8. The molecule has 1 fully saturated rings. The lowest BCUT2D eigenvalue weighted by molar-refractivity contribution is -0.116. The van der Waals surface area contributed by atoms with Gasteiger partial charge in [0.2, 0.25) is 5.91 Å². The standard InChI is InChI=1S/C25H29N3O2/c1-18-21-13-7-8-14-22(21)25(30)28(18)17-24(29)26-23-15-9-6-10-19(23)16-27(2)20-11-4-3-5-12-20/h6-10,13-15,20H,1,3-5,11-12,16-17H2,2H3,(H,26,29). The maximum Gasteiger partial charge on any atom is 0.259 e. The van der Waals surface area contributed by atoms with Crippen LogP contribution in [0, 0.1) is 0 Å². The van der Waals surface area contributed by atoms with Gasteiger partial charge >= 0.3 is 0 Å². The highest BCUT2D eigenvalue weighted by molar-refractivity contribution is 6.11. The van der Waals surface area contributed by atoms with Gasteiger partial charge in [-0.1, -0.05) is 62.2 Å². The van der Waals surface area contributed by atoms with E-state index in [0.29, 0.717) is 17.3 Å². The largest absolute Gasteiger partial charge is 0.324 e. The van der Waals surface area contributed by atoms with E-state index in [-0.39, 0.29) is 18.4 Å². The molecule has 0 spiro atoms. The van der Waals surface area contributed by atoms with Crippen LogP contribution in [-0.2, 0) is 11.3 Å². The highest BCUT2D eigenvalue weighted by atomic mass is 16.2. The minimum Gasteiger partial charge on any atom is -0.324 e. The van der Waals surface area contributed by atoms with E-state index in [1.165, 1.54) is 37.0 Å². The molecule has 2 aliphatic rings. The van der Waals surface area contributed by atoms with Gasteiger partial charge in [-0.3, -0.25) is 19.4 Å². The molecule has 1 saturated carbocycles. The van der Waals surface area contributed by atoms with E-state index in [1.54, 1.807) is 6.07 Å². The fraction of sp³-hybridized carbons (Fsp3) is 0.360. The lowest BCUT2D eigenvalue weighted by Gasteiger charge is -2.31. The monoisotopic (exact) mass is 403 g/mol. The van der Waals surface area contributed by atoms with Crippen LogP contribution < -0.4 is 5.32 Å². The SMILES string of the molecule is C=C1c2ccccc2C(=O)N1CC(=O)Nc1ccccc1CN(C)C1CCCCC1. The summed E-state index contributed by atoms with van der Waals surface area (Å²) >= 11 is 0. The van der Waals surface area contributed by atoms with Gasteiger partial charge in [0.15, 0.2) is 0 Å². The molecular weight excluding hydrogens is 374 g/mol. The minimum atomic E-state index is -0.218. The molecule has 5 heteroatoms. The summed E-state index contributed by atoms with van der Waals surface area (Å²) in [6.07, 6.45) is 6.41. The molecule has 1 aliphatic carbocycles. The molecule has 4 rings (SSSR count). The Hall–Kier alpha value is -2.92. The Labute approximate surface area is 178 Å². The molecule has 1 heterocycles. The van der Waals surface area contributed by atoms with Crippen molar-refractivity contribution in [3.63, 3.8) is 0 Å². The van der Waals surface area contributed by atoms with E-state index in [4.69, 9.17) is 0 Å². The van der Waals surface area contributed by atoms with Gasteiger partial charge in [0.05, 0.1) is 0 Å². The van der Waals surface area contributed by atoms with E-state index in [1.807, 2.05) is 36.4 Å². The van der Waals surface area contributed by atoms with E-state index >= 15 is 0 Å². The van der Waals surface area contributed by atoms with Crippen LogP contribution in [0.5, 0.6) is 0 Å². The first-order chi connectivity index (χ1) is 14.5. The number of hydrogen-bond donors (Lipinski definition) is 1. The number of nitrogens with zero attached hydrogens (tertiary/aromatic N) is 2. The highest BCUT2D eigenvalue weighted by Crippen LogP contribution is 2.31. The lowest BCUT2D eigenvalue weighted by Crippen LogP contribution is -2.34. The first-order valence-corrected chi connectivity index (χ1v) is 10.7. The molecule has 0 bridgehead atoms. The Morgan fingerprint density at radius 2 is 1.73 bits per heavy atom. The van der Waals surface area contributed by atoms with Gasteiger partial charge in [0.1, 0.15) is 6.54 Å². The van der Waals surface area contributed by atoms with Crippen LogP contribution in [-0.4, -0.2) is 41.2 Å². The third-order valence-corrected chi connectivity index (χ3v) is 6.25. The quantitative estimate of drug-likeness (QED) is 0.772. The fourth-order valence-electron chi connectivity index (χ4n) is 4.53. The van der Waals surface area contributed by atoms with Crippen molar-refractivity contribution in [3.05, 3.63) is 71.8 Å². The normalized spacial score (nSPS) is 16.8. The van der Waals surface area contributed by atoms with Crippen molar-refractivity contribution < 1.29 is 9.59 Å². The summed E-state index contributed by atoms with van der Waals surface area (Å²) in [5, 5.41) is 3.01. The van der Waals surface area contributed by atoms with E-state index in [9.17, 15) is 9.59 Å². The van der Waals surface area contributed by atoms with Crippen LogP contribution >= 0.6 is 0 Å². The summed E-state index contributed by atoms with van der Waals surface area (Å²) in [6, 6.07) is 15.9. The van der Waals surface area contributed by atoms with Gasteiger partial charge in [-0.15, -0.1) is 0 Å². The highest BCUT2D eigenvalue weighted by Gasteiger charge is 2.32. The molecule has 2 aromatic rings. The number of rotatable bonds is 6. The zero-order valence-corrected chi connectivity index (χ0v) is 17.6. The molecular formula is C25H29N3O2. The average Bonchev–Trinajstić information content (AvgIpc) is 3.01. The molecule has 5 nitrogen and oxygen atoms in total. The van der Waals surface area contributed by atoms with Gasteiger partial charge in [-0.05, 0) is 37.6 Å². The van der Waals surface area contributed by atoms with Crippen molar-refractivity contribution in [2.45, 2.75) is 44.7 Å². The predicted molar refractivity (Wildman–Crippen MR) is 120 cm³/mol. The Morgan fingerprint density at radius 1 is 1.07 bits per heavy atom. The second-order valence-corrected chi connectivity index (χ2v) is 8.30. The van der Waals surface area contributed by atoms with E-state index in [0.717, 1.165) is 23.4 Å². The first kappa shape index (κ1) is 20.4.